The number of H-pyrrole nitrogens is 1. The van der Waals surface area contributed by atoms with E-state index < -0.39 is 0 Å². The van der Waals surface area contributed by atoms with Crippen molar-refractivity contribution in [3.8, 4) is 0 Å². The molecule has 6 heteroatoms. The Kier molecular flexibility index (Phi) is 3.47. The third kappa shape index (κ3) is 2.79. The van der Waals surface area contributed by atoms with Crippen LogP contribution in [-0.4, -0.2) is 21.2 Å². The lowest BCUT2D eigenvalue weighted by atomic mass is 10.3. The van der Waals surface area contributed by atoms with Crippen LogP contribution in [0.15, 0.2) is 34.3 Å². The zero-order chi connectivity index (χ0) is 13.0. The molecule has 2 aromatic rings. The van der Waals surface area contributed by atoms with Crippen molar-refractivity contribution < 1.29 is 0 Å². The smallest absolute Gasteiger partial charge is 0.255 e. The van der Waals surface area contributed by atoms with Gasteiger partial charge in [-0.15, -0.1) is 0 Å². The van der Waals surface area contributed by atoms with Crippen molar-refractivity contribution in [3.63, 3.8) is 0 Å². The quantitative estimate of drug-likeness (QED) is 0.627. The average Bonchev–Trinajstić information content (AvgIpc) is 2.37. The van der Waals surface area contributed by atoms with Crippen LogP contribution < -0.4 is 11.0 Å². The van der Waals surface area contributed by atoms with E-state index in [1.807, 2.05) is 18.2 Å². The minimum atomic E-state index is -0.168. The number of nitrogens with one attached hydrogen (secondary N) is 2. The summed E-state index contributed by atoms with van der Waals surface area (Å²) in [5.74, 6) is 0.315. The Morgan fingerprint density at radius 3 is 2.89 bits per heavy atom. The van der Waals surface area contributed by atoms with E-state index in [1.54, 1.807) is 26.3 Å². The Labute approximate surface area is 104 Å². The van der Waals surface area contributed by atoms with Crippen LogP contribution in [0.3, 0.4) is 0 Å². The minimum absolute atomic E-state index is 0.168. The Balaban J connectivity index is 2.12. The molecule has 0 saturated heterocycles. The second kappa shape index (κ2) is 5.22. The zero-order valence-corrected chi connectivity index (χ0v) is 10.1. The largest absolute Gasteiger partial charge is 0.291 e. The Morgan fingerprint density at radius 1 is 1.39 bits per heavy atom. The normalized spacial score (nSPS) is 10.8. The molecule has 0 aliphatic carbocycles. The number of aryl methyl sites for hydroxylation is 1. The van der Waals surface area contributed by atoms with Gasteiger partial charge in [0.2, 0.25) is 5.95 Å². The summed E-state index contributed by atoms with van der Waals surface area (Å²) in [6.07, 6.45) is 3.23. The Morgan fingerprint density at radius 2 is 2.22 bits per heavy atom. The van der Waals surface area contributed by atoms with Crippen LogP contribution in [0.4, 0.5) is 5.95 Å². The molecule has 0 radical (unpaired) electrons. The summed E-state index contributed by atoms with van der Waals surface area (Å²) < 4.78 is 0. The second-order valence-corrected chi connectivity index (χ2v) is 3.75. The molecule has 18 heavy (non-hydrogen) atoms. The van der Waals surface area contributed by atoms with Crippen LogP contribution in [-0.2, 0) is 0 Å². The zero-order valence-electron chi connectivity index (χ0n) is 10.1. The molecule has 2 N–H and O–H groups in total. The van der Waals surface area contributed by atoms with Crippen LogP contribution in [0.5, 0.6) is 0 Å². The number of aromatic amines is 1. The topological polar surface area (TPSA) is 83.0 Å². The highest BCUT2D eigenvalue weighted by Gasteiger charge is 2.01. The number of anilines is 1. The van der Waals surface area contributed by atoms with Gasteiger partial charge in [-0.3, -0.25) is 14.8 Å². The molecule has 6 nitrogen and oxygen atoms in total. The highest BCUT2D eigenvalue weighted by molar-refractivity contribution is 5.77. The number of rotatable bonds is 3. The first kappa shape index (κ1) is 12.0. The maximum Gasteiger partial charge on any atom is 0.255 e. The van der Waals surface area contributed by atoms with E-state index in [0.717, 1.165) is 5.69 Å². The van der Waals surface area contributed by atoms with Crippen molar-refractivity contribution in [2.75, 3.05) is 5.43 Å². The lowest BCUT2D eigenvalue weighted by molar-refractivity contribution is 1.01. The molecule has 0 aromatic carbocycles. The lowest BCUT2D eigenvalue weighted by Crippen LogP contribution is -2.15. The molecule has 92 valence electrons. The van der Waals surface area contributed by atoms with Crippen molar-refractivity contribution in [1.82, 2.24) is 15.0 Å². The third-order valence-electron chi connectivity index (χ3n) is 2.45. The van der Waals surface area contributed by atoms with E-state index in [9.17, 15) is 4.79 Å². The summed E-state index contributed by atoms with van der Waals surface area (Å²) in [6, 6.07) is 5.51. The van der Waals surface area contributed by atoms with E-state index in [4.69, 9.17) is 0 Å². The lowest BCUT2D eigenvalue weighted by Gasteiger charge is -2.02. The first-order valence-corrected chi connectivity index (χ1v) is 5.44. The van der Waals surface area contributed by atoms with Gasteiger partial charge in [0.15, 0.2) is 0 Å². The van der Waals surface area contributed by atoms with E-state index in [2.05, 4.69) is 25.5 Å². The van der Waals surface area contributed by atoms with Gasteiger partial charge in [0.05, 0.1) is 11.9 Å². The summed E-state index contributed by atoms with van der Waals surface area (Å²) >= 11 is 0. The fourth-order valence-corrected chi connectivity index (χ4v) is 1.31. The number of nitrogens with zero attached hydrogens (tertiary/aromatic N) is 3. The first-order valence-electron chi connectivity index (χ1n) is 5.44. The molecule has 0 atom stereocenters. The van der Waals surface area contributed by atoms with Gasteiger partial charge in [0.25, 0.3) is 5.56 Å². The monoisotopic (exact) mass is 243 g/mol. The molecule has 0 fully saturated rings. The molecular weight excluding hydrogens is 230 g/mol. The fourth-order valence-electron chi connectivity index (χ4n) is 1.31. The van der Waals surface area contributed by atoms with Gasteiger partial charge in [0.1, 0.15) is 0 Å². The summed E-state index contributed by atoms with van der Waals surface area (Å²) in [5, 5.41) is 3.95. The van der Waals surface area contributed by atoms with Crippen molar-refractivity contribution in [2.45, 2.75) is 13.8 Å². The summed E-state index contributed by atoms with van der Waals surface area (Å²) in [7, 11) is 0. The van der Waals surface area contributed by atoms with Crippen molar-refractivity contribution in [3.05, 3.63) is 51.7 Å². The molecule has 0 unspecified atom stereocenters. The molecule has 0 spiro atoms. The van der Waals surface area contributed by atoms with Gasteiger partial charge < -0.3 is 0 Å². The highest BCUT2D eigenvalue weighted by Crippen LogP contribution is 2.00. The number of hydrazone groups is 1. The average molecular weight is 243 g/mol. The van der Waals surface area contributed by atoms with Crippen LogP contribution in [0.2, 0.25) is 0 Å². The van der Waals surface area contributed by atoms with Crippen LogP contribution in [0.1, 0.15) is 17.0 Å². The Bertz CT molecular complexity index is 618. The predicted molar refractivity (Wildman–Crippen MR) is 69.8 cm³/mol. The number of hydrogen-bond acceptors (Lipinski definition) is 5. The molecule has 0 saturated carbocycles. The van der Waals surface area contributed by atoms with E-state index >= 15 is 0 Å². The molecule has 2 aromatic heterocycles. The van der Waals surface area contributed by atoms with Crippen molar-refractivity contribution in [1.29, 1.82) is 0 Å². The molecule has 0 aliphatic rings. The SMILES string of the molecule is Cc1nc(N/N=C\c2ccccn2)[nH]c(=O)c1C. The van der Waals surface area contributed by atoms with Crippen LogP contribution in [0, 0.1) is 13.8 Å². The summed E-state index contributed by atoms with van der Waals surface area (Å²) in [5.41, 5.74) is 4.50. The maximum atomic E-state index is 11.5. The van der Waals surface area contributed by atoms with E-state index in [1.165, 1.54) is 0 Å². The van der Waals surface area contributed by atoms with Crippen LogP contribution >= 0.6 is 0 Å². The maximum absolute atomic E-state index is 11.5. The second-order valence-electron chi connectivity index (χ2n) is 3.75. The van der Waals surface area contributed by atoms with Crippen LogP contribution in [0.25, 0.3) is 0 Å². The standard InChI is InChI=1S/C12H13N5O/c1-8-9(2)15-12(16-11(8)18)17-14-7-10-5-3-4-6-13-10/h3-7H,1-2H3,(H2,15,16,17,18)/b14-7-. The van der Waals surface area contributed by atoms with Gasteiger partial charge in [-0.25, -0.2) is 10.4 Å². The summed E-state index contributed by atoms with van der Waals surface area (Å²) in [4.78, 5) is 22.3. The first-order chi connectivity index (χ1) is 8.66. The number of hydrogen-bond donors (Lipinski definition) is 2. The minimum Gasteiger partial charge on any atom is -0.291 e. The van der Waals surface area contributed by atoms with Gasteiger partial charge >= 0.3 is 0 Å². The molecular formula is C12H13N5O. The number of pyridine rings is 1. The van der Waals surface area contributed by atoms with Gasteiger partial charge in [-0.05, 0) is 26.0 Å². The summed E-state index contributed by atoms with van der Waals surface area (Å²) in [6.45, 7) is 3.50. The van der Waals surface area contributed by atoms with Gasteiger partial charge in [0, 0.05) is 17.5 Å². The predicted octanol–water partition coefficient (Wildman–Crippen LogP) is 1.23. The van der Waals surface area contributed by atoms with E-state index in [-0.39, 0.29) is 5.56 Å². The van der Waals surface area contributed by atoms with Gasteiger partial charge in [-0.2, -0.15) is 5.10 Å². The van der Waals surface area contributed by atoms with Crippen molar-refractivity contribution in [2.24, 2.45) is 5.10 Å². The van der Waals surface area contributed by atoms with E-state index in [0.29, 0.717) is 17.2 Å². The number of aromatic nitrogens is 3. The fraction of sp³-hybridized carbons (Fsp3) is 0.167. The molecule has 0 aliphatic heterocycles. The Hall–Kier alpha value is -2.50. The molecule has 0 bridgehead atoms. The van der Waals surface area contributed by atoms with Crippen molar-refractivity contribution >= 4 is 12.2 Å². The molecule has 0 amide bonds. The third-order valence-corrected chi connectivity index (χ3v) is 2.45. The van der Waals surface area contributed by atoms with Gasteiger partial charge in [-0.1, -0.05) is 6.07 Å². The molecule has 2 rings (SSSR count). The highest BCUT2D eigenvalue weighted by atomic mass is 16.1. The molecule has 2 heterocycles.